The molecule has 4 heteroatoms. The Kier molecular flexibility index (Phi) is 3.35. The molecule has 2 aliphatic carbocycles. The monoisotopic (exact) mass is 247 g/mol. The third kappa shape index (κ3) is 2.74. The lowest BCUT2D eigenvalue weighted by Gasteiger charge is -2.12. The molecule has 98 valence electrons. The Morgan fingerprint density at radius 1 is 1.28 bits per heavy atom. The van der Waals surface area contributed by atoms with Crippen LogP contribution in [-0.2, 0) is 11.3 Å². The lowest BCUT2D eigenvalue weighted by molar-refractivity contribution is -0.125. The molecule has 0 bridgehead atoms. The topological polar surface area (TPSA) is 46.9 Å². The Hall–Kier alpha value is -1.32. The van der Waals surface area contributed by atoms with Gasteiger partial charge in [0, 0.05) is 31.4 Å². The molecule has 3 rings (SSSR count). The van der Waals surface area contributed by atoms with E-state index in [0.717, 1.165) is 50.6 Å². The summed E-state index contributed by atoms with van der Waals surface area (Å²) in [6, 6.07) is 0. The SMILES string of the molecule is O=C(NCCCCn1ccnc1)C1CC2CC2C1. The van der Waals surface area contributed by atoms with Crippen molar-refractivity contribution < 1.29 is 4.79 Å². The number of fused-ring (bicyclic) bond motifs is 1. The first kappa shape index (κ1) is 11.8. The smallest absolute Gasteiger partial charge is 0.223 e. The number of aromatic nitrogens is 2. The molecular weight excluding hydrogens is 226 g/mol. The first-order valence-corrected chi connectivity index (χ1v) is 7.06. The van der Waals surface area contributed by atoms with Crippen molar-refractivity contribution in [2.45, 2.75) is 38.6 Å². The second-order valence-electron chi connectivity index (χ2n) is 5.72. The van der Waals surface area contributed by atoms with E-state index in [9.17, 15) is 4.79 Å². The molecule has 1 aromatic rings. The van der Waals surface area contributed by atoms with Gasteiger partial charge in [-0.1, -0.05) is 0 Å². The highest BCUT2D eigenvalue weighted by molar-refractivity contribution is 5.79. The van der Waals surface area contributed by atoms with Gasteiger partial charge in [0.05, 0.1) is 6.33 Å². The van der Waals surface area contributed by atoms with Crippen molar-refractivity contribution in [3.63, 3.8) is 0 Å². The Bertz CT molecular complexity index is 391. The molecule has 4 nitrogen and oxygen atoms in total. The van der Waals surface area contributed by atoms with Gasteiger partial charge in [-0.25, -0.2) is 4.98 Å². The molecule has 2 fully saturated rings. The van der Waals surface area contributed by atoms with Crippen LogP contribution in [0.25, 0.3) is 0 Å². The van der Waals surface area contributed by atoms with Gasteiger partial charge in [0.1, 0.15) is 0 Å². The first-order valence-electron chi connectivity index (χ1n) is 7.06. The maximum absolute atomic E-state index is 11.9. The van der Waals surface area contributed by atoms with Crippen LogP contribution in [0, 0.1) is 17.8 Å². The molecule has 0 spiro atoms. The van der Waals surface area contributed by atoms with E-state index in [2.05, 4.69) is 14.9 Å². The molecule has 1 heterocycles. The van der Waals surface area contributed by atoms with E-state index in [1.165, 1.54) is 6.42 Å². The number of unbranched alkanes of at least 4 members (excludes halogenated alkanes) is 1. The molecule has 1 N–H and O–H groups in total. The summed E-state index contributed by atoms with van der Waals surface area (Å²) < 4.78 is 2.08. The van der Waals surface area contributed by atoms with E-state index in [-0.39, 0.29) is 0 Å². The minimum Gasteiger partial charge on any atom is -0.356 e. The molecule has 2 saturated carbocycles. The zero-order valence-electron chi connectivity index (χ0n) is 10.7. The van der Waals surface area contributed by atoms with Crippen LogP contribution in [0.3, 0.4) is 0 Å². The Labute approximate surface area is 108 Å². The van der Waals surface area contributed by atoms with Crippen LogP contribution in [0.15, 0.2) is 18.7 Å². The average Bonchev–Trinajstić information content (AvgIpc) is 2.84. The second kappa shape index (κ2) is 5.12. The van der Waals surface area contributed by atoms with Crippen LogP contribution >= 0.6 is 0 Å². The summed E-state index contributed by atoms with van der Waals surface area (Å²) in [5.41, 5.74) is 0. The van der Waals surface area contributed by atoms with Crippen LogP contribution in [-0.4, -0.2) is 22.0 Å². The average molecular weight is 247 g/mol. The number of rotatable bonds is 6. The minimum atomic E-state index is 0.296. The van der Waals surface area contributed by atoms with E-state index >= 15 is 0 Å². The predicted octanol–water partition coefficient (Wildman–Crippen LogP) is 1.83. The maximum atomic E-state index is 11.9. The quantitative estimate of drug-likeness (QED) is 0.779. The number of imidazole rings is 1. The van der Waals surface area contributed by atoms with Crippen LogP contribution in [0.4, 0.5) is 0 Å². The zero-order valence-corrected chi connectivity index (χ0v) is 10.7. The summed E-state index contributed by atoms with van der Waals surface area (Å²) in [7, 11) is 0. The number of amides is 1. The second-order valence-corrected chi connectivity index (χ2v) is 5.72. The number of carbonyl (C=O) groups excluding carboxylic acids is 1. The molecule has 1 amide bonds. The molecule has 0 radical (unpaired) electrons. The van der Waals surface area contributed by atoms with Gasteiger partial charge < -0.3 is 9.88 Å². The Balaban J connectivity index is 1.27. The van der Waals surface area contributed by atoms with Gasteiger partial charge in [-0.3, -0.25) is 4.79 Å². The van der Waals surface area contributed by atoms with E-state index in [0.29, 0.717) is 11.8 Å². The van der Waals surface area contributed by atoms with Gasteiger partial charge in [-0.15, -0.1) is 0 Å². The number of aryl methyl sites for hydroxylation is 1. The minimum absolute atomic E-state index is 0.296. The van der Waals surface area contributed by atoms with Gasteiger partial charge in [0.2, 0.25) is 5.91 Å². The summed E-state index contributed by atoms with van der Waals surface area (Å²) >= 11 is 0. The summed E-state index contributed by atoms with van der Waals surface area (Å²) in [5.74, 6) is 2.40. The third-order valence-corrected chi connectivity index (χ3v) is 4.32. The van der Waals surface area contributed by atoms with E-state index in [1.807, 2.05) is 12.5 Å². The van der Waals surface area contributed by atoms with Gasteiger partial charge in [0.15, 0.2) is 0 Å². The molecule has 0 saturated heterocycles. The molecule has 2 atom stereocenters. The van der Waals surface area contributed by atoms with E-state index < -0.39 is 0 Å². The van der Waals surface area contributed by atoms with Crippen LogP contribution in [0.5, 0.6) is 0 Å². The standard InChI is InChI=1S/C14H21N3O/c18-14(13-8-11-7-12(11)9-13)16-3-1-2-5-17-6-4-15-10-17/h4,6,10-13H,1-3,5,7-9H2,(H,16,18). The predicted molar refractivity (Wildman–Crippen MR) is 68.8 cm³/mol. The van der Waals surface area contributed by atoms with Crippen LogP contribution in [0.2, 0.25) is 0 Å². The molecule has 0 aromatic carbocycles. The van der Waals surface area contributed by atoms with E-state index in [1.54, 1.807) is 6.20 Å². The highest BCUT2D eigenvalue weighted by atomic mass is 16.1. The van der Waals surface area contributed by atoms with Gasteiger partial charge in [-0.2, -0.15) is 0 Å². The summed E-state index contributed by atoms with van der Waals surface area (Å²) in [5, 5.41) is 3.08. The largest absolute Gasteiger partial charge is 0.356 e. The first-order chi connectivity index (χ1) is 8.83. The molecule has 1 aromatic heterocycles. The summed E-state index contributed by atoms with van der Waals surface area (Å²) in [6.45, 7) is 1.81. The molecule has 2 aliphatic rings. The fraction of sp³-hybridized carbons (Fsp3) is 0.714. The van der Waals surface area contributed by atoms with Crippen LogP contribution in [0.1, 0.15) is 32.1 Å². The van der Waals surface area contributed by atoms with Crippen molar-refractivity contribution in [1.82, 2.24) is 14.9 Å². The lowest BCUT2D eigenvalue weighted by Crippen LogP contribution is -2.30. The third-order valence-electron chi connectivity index (χ3n) is 4.32. The Morgan fingerprint density at radius 2 is 2.11 bits per heavy atom. The molecular formula is C14H21N3O. The van der Waals surface area contributed by atoms with Gasteiger partial charge >= 0.3 is 0 Å². The number of nitrogens with one attached hydrogen (secondary N) is 1. The highest BCUT2D eigenvalue weighted by Gasteiger charge is 2.47. The summed E-state index contributed by atoms with van der Waals surface area (Å²) in [6.07, 6.45) is 11.4. The van der Waals surface area contributed by atoms with Crippen LogP contribution < -0.4 is 5.32 Å². The van der Waals surface area contributed by atoms with E-state index in [4.69, 9.17) is 0 Å². The van der Waals surface area contributed by atoms with Crippen molar-refractivity contribution in [1.29, 1.82) is 0 Å². The molecule has 18 heavy (non-hydrogen) atoms. The van der Waals surface area contributed by atoms with Gasteiger partial charge in [0.25, 0.3) is 0 Å². The van der Waals surface area contributed by atoms with Gasteiger partial charge in [-0.05, 0) is 43.9 Å². The maximum Gasteiger partial charge on any atom is 0.223 e. The summed E-state index contributed by atoms with van der Waals surface area (Å²) in [4.78, 5) is 15.9. The fourth-order valence-electron chi connectivity index (χ4n) is 3.12. The number of hydrogen-bond donors (Lipinski definition) is 1. The number of carbonyl (C=O) groups is 1. The Morgan fingerprint density at radius 3 is 2.83 bits per heavy atom. The van der Waals surface area contributed by atoms with Crippen molar-refractivity contribution in [3.05, 3.63) is 18.7 Å². The zero-order chi connectivity index (χ0) is 12.4. The fourth-order valence-corrected chi connectivity index (χ4v) is 3.12. The van der Waals surface area contributed by atoms with Crippen molar-refractivity contribution in [2.24, 2.45) is 17.8 Å². The van der Waals surface area contributed by atoms with Crippen molar-refractivity contribution in [3.8, 4) is 0 Å². The normalized spacial score (nSPS) is 29.0. The highest BCUT2D eigenvalue weighted by Crippen LogP contribution is 2.54. The lowest BCUT2D eigenvalue weighted by atomic mass is 10.0. The van der Waals surface area contributed by atoms with Crippen molar-refractivity contribution in [2.75, 3.05) is 6.54 Å². The van der Waals surface area contributed by atoms with Crippen molar-refractivity contribution >= 4 is 5.91 Å². The molecule has 0 aliphatic heterocycles. The number of hydrogen-bond acceptors (Lipinski definition) is 2. The number of nitrogens with zero attached hydrogens (tertiary/aromatic N) is 2. The molecule has 2 unspecified atom stereocenters.